The number of carbonyl (C=O) groups is 4. The predicted molar refractivity (Wildman–Crippen MR) is 225 cm³/mol. The highest BCUT2D eigenvalue weighted by Gasteiger charge is 2.38. The second kappa shape index (κ2) is 26.1. The summed E-state index contributed by atoms with van der Waals surface area (Å²) in [4.78, 5) is 51.9. The van der Waals surface area contributed by atoms with Crippen LogP contribution in [0.5, 0.6) is 11.8 Å². The number of hydrogen-bond donors (Lipinski definition) is 3. The van der Waals surface area contributed by atoms with Crippen LogP contribution in [0.4, 0.5) is 22.0 Å². The third-order valence-corrected chi connectivity index (χ3v) is 13.2. The number of halogens is 5. The van der Waals surface area contributed by atoms with Crippen LogP contribution in [0.2, 0.25) is 0 Å². The summed E-state index contributed by atoms with van der Waals surface area (Å²) >= 11 is 0. The molecule has 0 aliphatic carbocycles. The molecule has 1 amide bonds. The molecular weight excluding hydrogens is 932 g/mol. The SMILES string of the molecule is CNC(=O)C1CCN(S(=O)(=O)c2ccc(OCC(=CF)CCC(=O)OC(C)(C)C)nc2)CC1.COC(=O)C1CCN(S(=O)(=O)c2ccc(OC/C(=C/F)CN)nc2)CC1.O=C(O)C(F)(F)F. The van der Waals surface area contributed by atoms with Crippen molar-refractivity contribution in [2.45, 2.75) is 80.9 Å². The van der Waals surface area contributed by atoms with Gasteiger partial charge < -0.3 is 35.1 Å². The van der Waals surface area contributed by atoms with Crippen LogP contribution in [0.1, 0.15) is 59.3 Å². The number of esters is 2. The average Bonchev–Trinajstić information content (AvgIpc) is 3.28. The van der Waals surface area contributed by atoms with E-state index >= 15 is 0 Å². The molecule has 2 aliphatic rings. The van der Waals surface area contributed by atoms with Crippen molar-refractivity contribution in [1.82, 2.24) is 23.9 Å². The van der Waals surface area contributed by atoms with Gasteiger partial charge in [-0.2, -0.15) is 21.8 Å². The molecule has 0 spiro atoms. The fraction of sp³-hybridized carbons (Fsp3) is 0.550. The Hall–Kier alpha value is -5.31. The standard InChI is InChI=1S/C22H32FN3O6S.C16H22FN3O5S.C2HF3O2/c1-22(2,3)32-20(27)8-5-16(13-23)15-31-19-7-6-18(14-25-19)33(29,30)26-11-9-17(10-12-26)21(28)24-4;1-24-16(21)13-4-6-20(7-5-13)26(22,23)14-2-3-15(19-10-14)25-11-12(8-17)9-18;3-2(4,5)1(6)7/h6-7,13-14,17H,5,8-12,15H2,1-4H3,(H,24,28);2-3,8,10,13H,4-7,9,11,18H2,1H3;(H,6,7)/b;12-8+;. The maximum Gasteiger partial charge on any atom is 0.490 e. The smallest absolute Gasteiger partial charge is 0.475 e. The summed E-state index contributed by atoms with van der Waals surface area (Å²) in [5.41, 5.74) is 5.22. The Bertz CT molecular complexity index is 2190. The number of amides is 1. The molecule has 370 valence electrons. The molecule has 0 aromatic carbocycles. The van der Waals surface area contributed by atoms with Gasteiger partial charge in [0.15, 0.2) is 0 Å². The van der Waals surface area contributed by atoms with E-state index in [1.165, 1.54) is 52.4 Å². The lowest BCUT2D eigenvalue weighted by atomic mass is 9.97. The van der Waals surface area contributed by atoms with Gasteiger partial charge in [-0.25, -0.2) is 40.4 Å². The third-order valence-electron chi connectivity index (χ3n) is 9.45. The van der Waals surface area contributed by atoms with Crippen LogP contribution >= 0.6 is 0 Å². The molecule has 0 saturated carbocycles. The fourth-order valence-electron chi connectivity index (χ4n) is 5.85. The van der Waals surface area contributed by atoms with E-state index < -0.39 is 43.8 Å². The number of rotatable bonds is 16. The number of aromatic nitrogens is 2. The van der Waals surface area contributed by atoms with E-state index in [4.69, 9.17) is 34.6 Å². The molecule has 0 atom stereocenters. The highest BCUT2D eigenvalue weighted by Crippen LogP contribution is 2.27. The Morgan fingerprint density at radius 2 is 1.21 bits per heavy atom. The first-order chi connectivity index (χ1) is 30.8. The van der Waals surface area contributed by atoms with Crippen LogP contribution in [-0.4, -0.2) is 136 Å². The van der Waals surface area contributed by atoms with E-state index in [0.29, 0.717) is 38.3 Å². The average molecular weight is 987 g/mol. The zero-order valence-corrected chi connectivity index (χ0v) is 38.5. The minimum atomic E-state index is -5.08. The van der Waals surface area contributed by atoms with Crippen molar-refractivity contribution >= 4 is 43.9 Å². The number of nitrogens with two attached hydrogens (primary N) is 1. The number of sulfonamides is 2. The molecule has 4 heterocycles. The van der Waals surface area contributed by atoms with Crippen LogP contribution in [0.3, 0.4) is 0 Å². The van der Waals surface area contributed by atoms with Crippen LogP contribution in [-0.2, 0) is 48.7 Å². The van der Waals surface area contributed by atoms with Crippen molar-refractivity contribution in [3.63, 3.8) is 0 Å². The van der Waals surface area contributed by atoms with Crippen molar-refractivity contribution in [2.75, 3.05) is 60.1 Å². The lowest BCUT2D eigenvalue weighted by Crippen LogP contribution is -2.42. The topological polar surface area (TPSA) is 264 Å². The number of hydrogen-bond acceptors (Lipinski definition) is 15. The number of carboxylic acids is 1. The van der Waals surface area contributed by atoms with E-state index in [1.54, 1.807) is 27.8 Å². The maximum atomic E-state index is 13.2. The summed E-state index contributed by atoms with van der Waals surface area (Å²) in [7, 11) is -4.56. The molecule has 66 heavy (non-hydrogen) atoms. The van der Waals surface area contributed by atoms with Gasteiger partial charge in [-0.1, -0.05) is 0 Å². The summed E-state index contributed by atoms with van der Waals surface area (Å²) in [6.45, 7) is 6.06. The second-order valence-corrected chi connectivity index (χ2v) is 19.2. The minimum Gasteiger partial charge on any atom is -0.475 e. The summed E-state index contributed by atoms with van der Waals surface area (Å²) in [6.07, 6.45) is -0.0719. The lowest BCUT2D eigenvalue weighted by molar-refractivity contribution is -0.192. The summed E-state index contributed by atoms with van der Waals surface area (Å²) in [5, 5.41) is 9.72. The molecule has 2 fully saturated rings. The van der Waals surface area contributed by atoms with Gasteiger partial charge in [0.1, 0.15) is 28.6 Å². The minimum absolute atomic E-state index is 0.0115. The third kappa shape index (κ3) is 18.5. The van der Waals surface area contributed by atoms with Gasteiger partial charge in [0.25, 0.3) is 0 Å². The number of piperidine rings is 2. The molecule has 0 unspecified atom stereocenters. The second-order valence-electron chi connectivity index (χ2n) is 15.4. The molecule has 2 aliphatic heterocycles. The van der Waals surface area contributed by atoms with Crippen molar-refractivity contribution in [1.29, 1.82) is 0 Å². The van der Waals surface area contributed by atoms with Gasteiger partial charge in [-0.05, 0) is 70.6 Å². The monoisotopic (exact) mass is 986 g/mol. The first-order valence-corrected chi connectivity index (χ1v) is 23.0. The fourth-order valence-corrected chi connectivity index (χ4v) is 8.68. The number of carboxylic acid groups (broad SMARTS) is 1. The zero-order chi connectivity index (χ0) is 49.9. The Labute approximate surface area is 379 Å². The van der Waals surface area contributed by atoms with E-state index in [0.717, 1.165) is 0 Å². The van der Waals surface area contributed by atoms with Gasteiger partial charge in [-0.3, -0.25) is 14.4 Å². The molecule has 4 N–H and O–H groups in total. The first-order valence-electron chi connectivity index (χ1n) is 20.1. The molecule has 2 saturated heterocycles. The number of aliphatic carboxylic acids is 1. The number of methoxy groups -OCH3 is 1. The van der Waals surface area contributed by atoms with E-state index in [-0.39, 0.29) is 115 Å². The Kier molecular flexibility index (Phi) is 22.5. The highest BCUT2D eigenvalue weighted by atomic mass is 32.2. The van der Waals surface area contributed by atoms with Gasteiger partial charge in [-0.15, -0.1) is 0 Å². The molecule has 0 radical (unpaired) electrons. The molecule has 2 aromatic heterocycles. The number of ether oxygens (including phenoxy) is 4. The Morgan fingerprint density at radius 1 is 0.788 bits per heavy atom. The van der Waals surface area contributed by atoms with Gasteiger partial charge in [0, 0.05) is 69.8 Å². The van der Waals surface area contributed by atoms with E-state index in [9.17, 15) is 53.2 Å². The normalized spacial score (nSPS) is 16.1. The number of alkyl halides is 3. The number of nitrogens with zero attached hydrogens (tertiary/aromatic N) is 4. The van der Waals surface area contributed by atoms with Crippen LogP contribution in [0.15, 0.2) is 70.3 Å². The van der Waals surface area contributed by atoms with Crippen molar-refractivity contribution in [2.24, 2.45) is 17.6 Å². The van der Waals surface area contributed by atoms with Gasteiger partial charge >= 0.3 is 24.1 Å². The van der Waals surface area contributed by atoms with Crippen LogP contribution in [0.25, 0.3) is 0 Å². The van der Waals surface area contributed by atoms with Gasteiger partial charge in [0.05, 0.1) is 38.1 Å². The largest absolute Gasteiger partial charge is 0.490 e. The summed E-state index contributed by atoms with van der Waals surface area (Å²) in [5.74, 6) is -3.76. The summed E-state index contributed by atoms with van der Waals surface area (Å²) < 4.78 is 132. The molecule has 4 rings (SSSR count). The van der Waals surface area contributed by atoms with Gasteiger partial charge in [0.2, 0.25) is 37.7 Å². The van der Waals surface area contributed by atoms with E-state index in [1.807, 2.05) is 0 Å². The van der Waals surface area contributed by atoms with Crippen molar-refractivity contribution < 1.29 is 82.0 Å². The number of nitrogens with one attached hydrogen (secondary N) is 1. The molecule has 19 nitrogen and oxygen atoms in total. The molecule has 0 bridgehead atoms. The Morgan fingerprint density at radius 3 is 1.55 bits per heavy atom. The highest BCUT2D eigenvalue weighted by molar-refractivity contribution is 7.89. The molecule has 2 aromatic rings. The lowest BCUT2D eigenvalue weighted by Gasteiger charge is -2.30. The first kappa shape index (κ1) is 56.8. The quantitative estimate of drug-likeness (QED) is 0.158. The molecular formula is C40H55F5N6O13S2. The molecule has 26 heteroatoms. The predicted octanol–water partition coefficient (Wildman–Crippen LogP) is 4.06. The Balaban J connectivity index is 0.000000404. The van der Waals surface area contributed by atoms with Crippen molar-refractivity contribution in [3.8, 4) is 11.8 Å². The van der Waals surface area contributed by atoms with Crippen molar-refractivity contribution in [3.05, 3.63) is 60.5 Å². The van der Waals surface area contributed by atoms with E-state index in [2.05, 4.69) is 15.3 Å². The maximum absolute atomic E-state index is 13.2. The summed E-state index contributed by atoms with van der Waals surface area (Å²) in [6, 6.07) is 5.56. The number of carbonyl (C=O) groups excluding carboxylic acids is 3. The zero-order valence-electron chi connectivity index (χ0n) is 36.9. The van der Waals surface area contributed by atoms with Crippen LogP contribution < -0.4 is 20.5 Å². The van der Waals surface area contributed by atoms with Crippen LogP contribution in [0, 0.1) is 11.8 Å². The number of pyridine rings is 2.